The van der Waals surface area contributed by atoms with E-state index in [4.69, 9.17) is 11.6 Å². The summed E-state index contributed by atoms with van der Waals surface area (Å²) in [6.45, 7) is 8.53. The van der Waals surface area contributed by atoms with Crippen molar-refractivity contribution in [2.24, 2.45) is 0 Å². The van der Waals surface area contributed by atoms with Crippen molar-refractivity contribution in [1.29, 1.82) is 0 Å². The van der Waals surface area contributed by atoms with Gasteiger partial charge in [0.15, 0.2) is 0 Å². The molecule has 1 heterocycles. The maximum absolute atomic E-state index is 10.6. The predicted molar refractivity (Wildman–Crippen MR) is 104 cm³/mol. The third kappa shape index (κ3) is 2.43. The molecule has 0 aliphatic carbocycles. The number of thiophene rings is 1. The maximum Gasteiger partial charge on any atom is 0.123 e. The first-order chi connectivity index (χ1) is 11.1. The fourth-order valence-corrected chi connectivity index (χ4v) is 5.41. The lowest BCUT2D eigenvalue weighted by molar-refractivity contribution is 0.464. The molecule has 23 heavy (non-hydrogen) atoms. The Kier molecular flexibility index (Phi) is 4.57. The van der Waals surface area contributed by atoms with Gasteiger partial charge in [0.05, 0.1) is 0 Å². The zero-order valence-electron chi connectivity index (χ0n) is 14.2. The van der Waals surface area contributed by atoms with Crippen LogP contribution in [0.3, 0.4) is 0 Å². The molecule has 0 saturated heterocycles. The van der Waals surface area contributed by atoms with Crippen LogP contribution in [-0.4, -0.2) is 5.11 Å². The maximum atomic E-state index is 10.6. The van der Waals surface area contributed by atoms with Gasteiger partial charge in [-0.1, -0.05) is 39.3 Å². The molecule has 0 aliphatic heterocycles. The average molecular weight is 347 g/mol. The third-order valence-electron chi connectivity index (χ3n) is 4.77. The highest BCUT2D eigenvalue weighted by Crippen LogP contribution is 2.45. The number of hydrogen-bond acceptors (Lipinski definition) is 2. The summed E-state index contributed by atoms with van der Waals surface area (Å²) in [4.78, 5) is 0. The number of hydrogen-bond donors (Lipinski definition) is 1. The van der Waals surface area contributed by atoms with Crippen LogP contribution in [0.4, 0.5) is 0 Å². The SMILES string of the molecule is CCc1cc2c(sc3c(CC)c(Cl)c(CC)cc32)c(CC)c1O. The Bertz CT molecular complexity index is 820. The van der Waals surface area contributed by atoms with E-state index in [-0.39, 0.29) is 0 Å². The van der Waals surface area contributed by atoms with Gasteiger partial charge in [0.1, 0.15) is 5.75 Å². The van der Waals surface area contributed by atoms with E-state index in [0.29, 0.717) is 5.75 Å². The largest absolute Gasteiger partial charge is 0.507 e. The van der Waals surface area contributed by atoms with Crippen LogP contribution in [0.5, 0.6) is 5.75 Å². The van der Waals surface area contributed by atoms with Crippen molar-refractivity contribution in [1.82, 2.24) is 0 Å². The standard InChI is InChI=1S/C20H23ClOS/c1-5-11-9-15-16-10-12(6-2)18(22)14(8-4)20(16)23-19(15)13(7-3)17(11)21/h9-10,22H,5-8H2,1-4H3. The van der Waals surface area contributed by atoms with Gasteiger partial charge in [-0.25, -0.2) is 0 Å². The van der Waals surface area contributed by atoms with Gasteiger partial charge in [-0.2, -0.15) is 0 Å². The molecule has 3 aromatic rings. The van der Waals surface area contributed by atoms with E-state index in [9.17, 15) is 5.11 Å². The van der Waals surface area contributed by atoms with E-state index in [1.54, 1.807) is 11.3 Å². The summed E-state index contributed by atoms with van der Waals surface area (Å²) in [5.74, 6) is 0.480. The molecular weight excluding hydrogens is 324 g/mol. The second-order valence-corrected chi connectivity index (χ2v) is 7.36. The summed E-state index contributed by atoms with van der Waals surface area (Å²) >= 11 is 8.42. The van der Waals surface area contributed by atoms with Crippen LogP contribution < -0.4 is 0 Å². The van der Waals surface area contributed by atoms with Crippen LogP contribution in [0.2, 0.25) is 5.02 Å². The summed E-state index contributed by atoms with van der Waals surface area (Å²) < 4.78 is 2.50. The van der Waals surface area contributed by atoms with Crippen LogP contribution in [0.1, 0.15) is 49.9 Å². The lowest BCUT2D eigenvalue weighted by Crippen LogP contribution is -1.91. The fraction of sp³-hybridized carbons (Fsp3) is 0.400. The molecule has 0 amide bonds. The second-order valence-electron chi connectivity index (χ2n) is 5.96. The first kappa shape index (κ1) is 16.6. The number of rotatable bonds is 4. The normalized spacial score (nSPS) is 11.7. The van der Waals surface area contributed by atoms with Gasteiger partial charge in [-0.05, 0) is 54.5 Å². The van der Waals surface area contributed by atoms with Crippen molar-refractivity contribution in [3.05, 3.63) is 39.4 Å². The van der Waals surface area contributed by atoms with Crippen molar-refractivity contribution < 1.29 is 5.11 Å². The number of benzene rings is 2. The Morgan fingerprint density at radius 3 is 1.87 bits per heavy atom. The number of phenolic OH excluding ortho intramolecular Hbond substituents is 1. The highest BCUT2D eigenvalue weighted by atomic mass is 35.5. The van der Waals surface area contributed by atoms with Crippen molar-refractivity contribution in [2.75, 3.05) is 0 Å². The molecule has 0 radical (unpaired) electrons. The quantitative estimate of drug-likeness (QED) is 0.559. The summed E-state index contributed by atoms with van der Waals surface area (Å²) in [5, 5.41) is 14.1. The molecule has 0 unspecified atom stereocenters. The molecule has 1 nitrogen and oxygen atoms in total. The number of aryl methyl sites for hydroxylation is 4. The number of aromatic hydroxyl groups is 1. The first-order valence-electron chi connectivity index (χ1n) is 8.47. The van der Waals surface area contributed by atoms with E-state index in [1.807, 2.05) is 0 Å². The topological polar surface area (TPSA) is 20.2 Å². The third-order valence-corrected chi connectivity index (χ3v) is 6.59. The molecule has 0 fully saturated rings. The van der Waals surface area contributed by atoms with Crippen LogP contribution in [0.25, 0.3) is 20.2 Å². The molecule has 1 N–H and O–H groups in total. The fourth-order valence-electron chi connectivity index (χ4n) is 3.44. The number of fused-ring (bicyclic) bond motifs is 3. The summed E-state index contributed by atoms with van der Waals surface area (Å²) in [6.07, 6.45) is 3.57. The average Bonchev–Trinajstić information content (AvgIpc) is 2.91. The Labute approximate surface area is 146 Å². The van der Waals surface area contributed by atoms with Crippen molar-refractivity contribution in [3.8, 4) is 5.75 Å². The molecule has 0 aliphatic rings. The second kappa shape index (κ2) is 6.33. The van der Waals surface area contributed by atoms with Crippen molar-refractivity contribution >= 4 is 43.1 Å². The van der Waals surface area contributed by atoms with Crippen LogP contribution in [0.15, 0.2) is 12.1 Å². The lowest BCUT2D eigenvalue weighted by Gasteiger charge is -2.10. The minimum Gasteiger partial charge on any atom is -0.507 e. The molecule has 0 saturated carbocycles. The minimum absolute atomic E-state index is 0.480. The first-order valence-corrected chi connectivity index (χ1v) is 9.66. The Hall–Kier alpha value is -1.25. The highest BCUT2D eigenvalue weighted by Gasteiger charge is 2.19. The number of phenols is 1. The highest BCUT2D eigenvalue weighted by molar-refractivity contribution is 7.26. The molecule has 1 aromatic heterocycles. The van der Waals surface area contributed by atoms with Gasteiger partial charge in [0.25, 0.3) is 0 Å². The monoisotopic (exact) mass is 346 g/mol. The van der Waals surface area contributed by atoms with Gasteiger partial charge in [-0.3, -0.25) is 0 Å². The van der Waals surface area contributed by atoms with Gasteiger partial charge in [0, 0.05) is 30.8 Å². The Morgan fingerprint density at radius 2 is 1.35 bits per heavy atom. The van der Waals surface area contributed by atoms with Gasteiger partial charge in [-0.15, -0.1) is 11.3 Å². The Morgan fingerprint density at radius 1 is 0.826 bits per heavy atom. The molecule has 0 atom stereocenters. The van der Waals surface area contributed by atoms with Crippen LogP contribution >= 0.6 is 22.9 Å². The molecule has 0 bridgehead atoms. The van der Waals surface area contributed by atoms with E-state index in [2.05, 4.69) is 39.8 Å². The van der Waals surface area contributed by atoms with Gasteiger partial charge >= 0.3 is 0 Å². The zero-order chi connectivity index (χ0) is 16.7. The van der Waals surface area contributed by atoms with Gasteiger partial charge in [0.2, 0.25) is 0 Å². The molecule has 122 valence electrons. The van der Waals surface area contributed by atoms with Crippen molar-refractivity contribution in [3.63, 3.8) is 0 Å². The van der Waals surface area contributed by atoms with E-state index in [1.165, 1.54) is 31.3 Å². The van der Waals surface area contributed by atoms with Crippen molar-refractivity contribution in [2.45, 2.75) is 53.4 Å². The van der Waals surface area contributed by atoms with Crippen LogP contribution in [0, 0.1) is 0 Å². The molecular formula is C20H23ClOS. The zero-order valence-corrected chi connectivity index (χ0v) is 15.8. The van der Waals surface area contributed by atoms with E-state index in [0.717, 1.165) is 41.8 Å². The number of halogens is 1. The van der Waals surface area contributed by atoms with E-state index < -0.39 is 0 Å². The smallest absolute Gasteiger partial charge is 0.123 e. The van der Waals surface area contributed by atoms with E-state index >= 15 is 0 Å². The minimum atomic E-state index is 0.480. The molecule has 2 aromatic carbocycles. The predicted octanol–water partition coefficient (Wildman–Crippen LogP) is 6.66. The summed E-state index contributed by atoms with van der Waals surface area (Å²) in [5.41, 5.74) is 4.60. The van der Waals surface area contributed by atoms with Crippen LogP contribution in [-0.2, 0) is 25.7 Å². The lowest BCUT2D eigenvalue weighted by atomic mass is 9.97. The summed E-state index contributed by atoms with van der Waals surface area (Å²) in [7, 11) is 0. The molecule has 0 spiro atoms. The summed E-state index contributed by atoms with van der Waals surface area (Å²) in [6, 6.07) is 4.43. The molecule has 3 rings (SSSR count). The van der Waals surface area contributed by atoms with Gasteiger partial charge < -0.3 is 5.11 Å². The molecule has 3 heteroatoms. The Balaban J connectivity index is 2.53.